The number of benzene rings is 3. The van der Waals surface area contributed by atoms with Crippen LogP contribution in [0.15, 0.2) is 71.6 Å². The average molecular weight is 410 g/mol. The number of aryl methyl sites for hydroxylation is 1. The van der Waals surface area contributed by atoms with Gasteiger partial charge in [-0.15, -0.1) is 0 Å². The molecule has 1 aliphatic heterocycles. The van der Waals surface area contributed by atoms with Gasteiger partial charge in [-0.25, -0.2) is 8.42 Å². The predicted molar refractivity (Wildman–Crippen MR) is 109 cm³/mol. The molecule has 2 N–H and O–H groups in total. The minimum Gasteiger partial charge on any atom is -0.454 e. The Bertz CT molecular complexity index is 1190. The maximum Gasteiger partial charge on any atom is 0.261 e. The van der Waals surface area contributed by atoms with Crippen molar-refractivity contribution < 1.29 is 22.7 Å². The van der Waals surface area contributed by atoms with E-state index in [0.717, 1.165) is 5.56 Å². The van der Waals surface area contributed by atoms with Crippen LogP contribution in [0.25, 0.3) is 0 Å². The molecule has 4 rings (SSSR count). The van der Waals surface area contributed by atoms with Gasteiger partial charge >= 0.3 is 0 Å². The summed E-state index contributed by atoms with van der Waals surface area (Å²) in [6, 6.07) is 18.0. The number of amides is 1. The third-order valence-electron chi connectivity index (χ3n) is 4.42. The summed E-state index contributed by atoms with van der Waals surface area (Å²) in [6.45, 7) is 1.98. The smallest absolute Gasteiger partial charge is 0.261 e. The molecule has 3 aromatic rings. The number of para-hydroxylation sites is 1. The van der Waals surface area contributed by atoms with Gasteiger partial charge in [-0.1, -0.05) is 24.3 Å². The van der Waals surface area contributed by atoms with Crippen LogP contribution >= 0.6 is 0 Å². The maximum absolute atomic E-state index is 12.8. The Kier molecular flexibility index (Phi) is 4.85. The van der Waals surface area contributed by atoms with Gasteiger partial charge in [0, 0.05) is 17.3 Å². The van der Waals surface area contributed by atoms with Crippen molar-refractivity contribution in [3.8, 4) is 11.5 Å². The van der Waals surface area contributed by atoms with Gasteiger partial charge in [-0.05, 0) is 48.9 Å². The van der Waals surface area contributed by atoms with Crippen molar-refractivity contribution in [2.24, 2.45) is 0 Å². The van der Waals surface area contributed by atoms with Gasteiger partial charge in [0.15, 0.2) is 11.5 Å². The van der Waals surface area contributed by atoms with Gasteiger partial charge in [-0.3, -0.25) is 9.52 Å². The van der Waals surface area contributed by atoms with E-state index < -0.39 is 10.0 Å². The molecule has 3 aromatic carbocycles. The Hall–Kier alpha value is -3.52. The highest BCUT2D eigenvalue weighted by Gasteiger charge is 2.19. The molecule has 0 radical (unpaired) electrons. The van der Waals surface area contributed by atoms with Crippen LogP contribution in [0.1, 0.15) is 15.9 Å². The number of sulfonamides is 1. The largest absolute Gasteiger partial charge is 0.454 e. The van der Waals surface area contributed by atoms with Crippen molar-refractivity contribution in [3.05, 3.63) is 77.9 Å². The van der Waals surface area contributed by atoms with E-state index in [-0.39, 0.29) is 23.2 Å². The van der Waals surface area contributed by atoms with Crippen molar-refractivity contribution in [1.29, 1.82) is 0 Å². The van der Waals surface area contributed by atoms with E-state index in [1.807, 2.05) is 25.1 Å². The number of hydrogen-bond acceptors (Lipinski definition) is 5. The lowest BCUT2D eigenvalue weighted by atomic mass is 10.1. The summed E-state index contributed by atoms with van der Waals surface area (Å²) in [5, 5.41) is 2.80. The first-order valence-electron chi connectivity index (χ1n) is 8.82. The highest BCUT2D eigenvalue weighted by Crippen LogP contribution is 2.34. The Balaban J connectivity index is 1.55. The summed E-state index contributed by atoms with van der Waals surface area (Å²) < 4.78 is 38.5. The highest BCUT2D eigenvalue weighted by atomic mass is 32.2. The van der Waals surface area contributed by atoms with Crippen LogP contribution in [-0.2, 0) is 10.0 Å². The Labute approximate surface area is 168 Å². The summed E-state index contributed by atoms with van der Waals surface area (Å²) in [7, 11) is -3.89. The molecular weight excluding hydrogens is 392 g/mol. The van der Waals surface area contributed by atoms with Crippen LogP contribution in [0.4, 0.5) is 11.4 Å². The van der Waals surface area contributed by atoms with Crippen LogP contribution in [0.5, 0.6) is 11.5 Å². The molecule has 29 heavy (non-hydrogen) atoms. The molecule has 0 bridgehead atoms. The van der Waals surface area contributed by atoms with Gasteiger partial charge in [0.25, 0.3) is 15.9 Å². The number of carbonyl (C=O) groups excluding carboxylic acids is 1. The second-order valence-corrected chi connectivity index (χ2v) is 8.15. The number of carbonyl (C=O) groups is 1. The standard InChI is InChI=1S/C21H18N2O5S/c1-14-5-2-3-8-18(14)22-21(24)15-6-4-7-17(11-15)29(25,26)23-16-9-10-19-20(12-16)28-13-27-19/h2-12,23H,13H2,1H3,(H,22,24). The fraction of sp³-hybridized carbons (Fsp3) is 0.0952. The average Bonchev–Trinajstić information content (AvgIpc) is 3.17. The van der Waals surface area contributed by atoms with E-state index in [0.29, 0.717) is 22.9 Å². The molecule has 0 saturated carbocycles. The van der Waals surface area contributed by atoms with Crippen LogP contribution in [0, 0.1) is 6.92 Å². The fourth-order valence-electron chi connectivity index (χ4n) is 2.89. The minimum atomic E-state index is -3.89. The first kappa shape index (κ1) is 18.8. The number of rotatable bonds is 5. The monoisotopic (exact) mass is 410 g/mol. The second kappa shape index (κ2) is 7.48. The first-order valence-corrected chi connectivity index (χ1v) is 10.3. The third-order valence-corrected chi connectivity index (χ3v) is 5.80. The number of nitrogens with one attached hydrogen (secondary N) is 2. The molecule has 7 nitrogen and oxygen atoms in total. The molecule has 1 heterocycles. The molecule has 0 spiro atoms. The van der Waals surface area contributed by atoms with Crippen molar-refractivity contribution >= 4 is 27.3 Å². The van der Waals surface area contributed by atoms with Crippen molar-refractivity contribution in [3.63, 3.8) is 0 Å². The third kappa shape index (κ3) is 4.02. The number of fused-ring (bicyclic) bond motifs is 1. The molecular formula is C21H18N2O5S. The van der Waals surface area contributed by atoms with Crippen molar-refractivity contribution in [2.45, 2.75) is 11.8 Å². The van der Waals surface area contributed by atoms with Gasteiger partial charge in [-0.2, -0.15) is 0 Å². The minimum absolute atomic E-state index is 0.0207. The van der Waals surface area contributed by atoms with E-state index in [2.05, 4.69) is 10.0 Å². The van der Waals surface area contributed by atoms with Gasteiger partial charge < -0.3 is 14.8 Å². The van der Waals surface area contributed by atoms with Crippen LogP contribution in [0.2, 0.25) is 0 Å². The maximum atomic E-state index is 12.8. The topological polar surface area (TPSA) is 93.7 Å². The number of anilines is 2. The zero-order valence-electron chi connectivity index (χ0n) is 15.5. The van der Waals surface area contributed by atoms with E-state index in [4.69, 9.17) is 9.47 Å². The zero-order chi connectivity index (χ0) is 20.4. The summed E-state index contributed by atoms with van der Waals surface area (Å²) in [5.41, 5.74) is 2.16. The molecule has 0 aliphatic carbocycles. The number of hydrogen-bond donors (Lipinski definition) is 2. The zero-order valence-corrected chi connectivity index (χ0v) is 16.3. The Morgan fingerprint density at radius 2 is 1.72 bits per heavy atom. The van der Waals surface area contributed by atoms with Crippen LogP contribution < -0.4 is 19.5 Å². The highest BCUT2D eigenvalue weighted by molar-refractivity contribution is 7.92. The summed E-state index contributed by atoms with van der Waals surface area (Å²) in [5.74, 6) is 0.638. The quantitative estimate of drug-likeness (QED) is 0.668. The lowest BCUT2D eigenvalue weighted by Gasteiger charge is -2.11. The lowest BCUT2D eigenvalue weighted by molar-refractivity contribution is 0.102. The molecule has 0 saturated heterocycles. The Morgan fingerprint density at radius 3 is 2.55 bits per heavy atom. The van der Waals surface area contributed by atoms with Crippen LogP contribution in [-0.4, -0.2) is 21.1 Å². The van der Waals surface area contributed by atoms with Gasteiger partial charge in [0.1, 0.15) is 0 Å². The number of ether oxygens (including phenoxy) is 2. The van der Waals surface area contributed by atoms with E-state index in [1.165, 1.54) is 18.2 Å². The summed E-state index contributed by atoms with van der Waals surface area (Å²) >= 11 is 0. The molecule has 148 valence electrons. The van der Waals surface area contributed by atoms with Gasteiger partial charge in [0.2, 0.25) is 6.79 Å². The second-order valence-electron chi connectivity index (χ2n) is 6.47. The summed E-state index contributed by atoms with van der Waals surface area (Å²) in [6.07, 6.45) is 0. The van der Waals surface area contributed by atoms with Crippen LogP contribution in [0.3, 0.4) is 0 Å². The van der Waals surface area contributed by atoms with E-state index in [1.54, 1.807) is 30.3 Å². The molecule has 8 heteroatoms. The molecule has 0 fully saturated rings. The van der Waals surface area contributed by atoms with Crippen molar-refractivity contribution in [2.75, 3.05) is 16.8 Å². The molecule has 0 aromatic heterocycles. The van der Waals surface area contributed by atoms with E-state index in [9.17, 15) is 13.2 Å². The van der Waals surface area contributed by atoms with E-state index >= 15 is 0 Å². The molecule has 0 atom stereocenters. The fourth-order valence-corrected chi connectivity index (χ4v) is 3.98. The molecule has 0 unspecified atom stereocenters. The molecule has 1 amide bonds. The summed E-state index contributed by atoms with van der Waals surface area (Å²) in [4.78, 5) is 12.6. The van der Waals surface area contributed by atoms with Crippen molar-refractivity contribution in [1.82, 2.24) is 0 Å². The lowest BCUT2D eigenvalue weighted by Crippen LogP contribution is -2.16. The predicted octanol–water partition coefficient (Wildman–Crippen LogP) is 3.78. The first-order chi connectivity index (χ1) is 13.9. The SMILES string of the molecule is Cc1ccccc1NC(=O)c1cccc(S(=O)(=O)Nc2ccc3c(c2)OCO3)c1. The Morgan fingerprint density at radius 1 is 0.931 bits per heavy atom. The van der Waals surface area contributed by atoms with Gasteiger partial charge in [0.05, 0.1) is 10.6 Å². The molecule has 1 aliphatic rings. The normalized spacial score (nSPS) is 12.4.